The zero-order valence-electron chi connectivity index (χ0n) is 11.7. The van der Waals surface area contributed by atoms with E-state index in [1.165, 1.54) is 0 Å². The van der Waals surface area contributed by atoms with E-state index >= 15 is 0 Å². The minimum atomic E-state index is 0.421. The van der Waals surface area contributed by atoms with Gasteiger partial charge in [-0.05, 0) is 24.3 Å². The molecule has 2 aromatic carbocycles. The van der Waals surface area contributed by atoms with Crippen molar-refractivity contribution in [1.29, 1.82) is 0 Å². The smallest absolute Gasteiger partial charge is 0.227 e. The van der Waals surface area contributed by atoms with Gasteiger partial charge in [0.15, 0.2) is 0 Å². The van der Waals surface area contributed by atoms with Crippen molar-refractivity contribution < 1.29 is 9.47 Å². The zero-order valence-corrected chi connectivity index (χ0v) is 11.7. The van der Waals surface area contributed by atoms with Gasteiger partial charge in [-0.25, -0.2) is 4.98 Å². The molecule has 0 spiro atoms. The molecule has 21 heavy (non-hydrogen) atoms. The lowest BCUT2D eigenvalue weighted by Crippen LogP contribution is -2.00. The predicted molar refractivity (Wildman–Crippen MR) is 82.7 cm³/mol. The third-order valence-electron chi connectivity index (χ3n) is 3.35. The molecular formula is C17H16N2O2. The minimum absolute atomic E-state index is 0.421. The Kier molecular flexibility index (Phi) is 3.71. The number of ether oxygens (including phenoxy) is 2. The molecule has 1 heterocycles. The molecule has 4 nitrogen and oxygen atoms in total. The first-order valence-corrected chi connectivity index (χ1v) is 6.71. The van der Waals surface area contributed by atoms with E-state index in [0.29, 0.717) is 12.4 Å². The number of hydrogen-bond donors (Lipinski definition) is 1. The number of nitrogens with two attached hydrogens (primary N) is 1. The van der Waals surface area contributed by atoms with Crippen LogP contribution in [0.2, 0.25) is 0 Å². The van der Waals surface area contributed by atoms with Crippen LogP contribution in [0.15, 0.2) is 54.7 Å². The number of methoxy groups -OCH3 is 1. The van der Waals surface area contributed by atoms with Crippen LogP contribution < -0.4 is 15.2 Å². The maximum absolute atomic E-state index is 5.97. The van der Waals surface area contributed by atoms with Crippen LogP contribution >= 0.6 is 0 Å². The van der Waals surface area contributed by atoms with Gasteiger partial charge in [0, 0.05) is 29.1 Å². The lowest BCUT2D eigenvalue weighted by molar-refractivity contribution is 0.419. The molecule has 0 fully saturated rings. The fraction of sp³-hybridized carbons (Fsp3) is 0.118. The van der Waals surface area contributed by atoms with Crippen LogP contribution in [-0.2, 0) is 6.54 Å². The number of rotatable bonds is 4. The third-order valence-corrected chi connectivity index (χ3v) is 3.35. The van der Waals surface area contributed by atoms with E-state index in [9.17, 15) is 0 Å². The van der Waals surface area contributed by atoms with Crippen molar-refractivity contribution in [1.82, 2.24) is 4.98 Å². The fourth-order valence-corrected chi connectivity index (χ4v) is 2.29. The van der Waals surface area contributed by atoms with Gasteiger partial charge in [-0.15, -0.1) is 0 Å². The minimum Gasteiger partial charge on any atom is -0.496 e. The second-order valence-corrected chi connectivity index (χ2v) is 4.59. The van der Waals surface area contributed by atoms with Gasteiger partial charge in [0.25, 0.3) is 0 Å². The average molecular weight is 280 g/mol. The molecule has 0 atom stereocenters. The third kappa shape index (κ3) is 2.53. The summed E-state index contributed by atoms with van der Waals surface area (Å²) in [4.78, 5) is 4.33. The van der Waals surface area contributed by atoms with Crippen molar-refractivity contribution >= 4 is 10.8 Å². The van der Waals surface area contributed by atoms with Crippen LogP contribution in [0.5, 0.6) is 17.4 Å². The molecule has 0 amide bonds. The molecule has 106 valence electrons. The molecule has 0 radical (unpaired) electrons. The van der Waals surface area contributed by atoms with Gasteiger partial charge in [-0.1, -0.05) is 24.3 Å². The molecule has 0 aliphatic carbocycles. The van der Waals surface area contributed by atoms with E-state index in [2.05, 4.69) is 4.98 Å². The molecule has 0 aliphatic rings. The number of para-hydroxylation sites is 1. The van der Waals surface area contributed by atoms with Crippen molar-refractivity contribution in [2.24, 2.45) is 5.73 Å². The highest BCUT2D eigenvalue weighted by atomic mass is 16.5. The second kappa shape index (κ2) is 5.81. The van der Waals surface area contributed by atoms with E-state index in [-0.39, 0.29) is 0 Å². The molecule has 3 rings (SSSR count). The zero-order chi connectivity index (χ0) is 14.7. The summed E-state index contributed by atoms with van der Waals surface area (Å²) in [7, 11) is 1.65. The van der Waals surface area contributed by atoms with E-state index in [1.807, 2.05) is 48.5 Å². The summed E-state index contributed by atoms with van der Waals surface area (Å²) >= 11 is 0. The number of benzene rings is 2. The van der Waals surface area contributed by atoms with Gasteiger partial charge in [0.1, 0.15) is 11.5 Å². The van der Waals surface area contributed by atoms with Gasteiger partial charge in [0.05, 0.1) is 7.11 Å². The topological polar surface area (TPSA) is 57.4 Å². The van der Waals surface area contributed by atoms with Gasteiger partial charge in [0.2, 0.25) is 5.88 Å². The van der Waals surface area contributed by atoms with E-state index in [1.54, 1.807) is 13.3 Å². The molecule has 1 aromatic heterocycles. The molecule has 0 saturated carbocycles. The number of hydrogen-bond acceptors (Lipinski definition) is 4. The van der Waals surface area contributed by atoms with E-state index in [0.717, 1.165) is 27.8 Å². The monoisotopic (exact) mass is 280 g/mol. The highest BCUT2D eigenvalue weighted by Crippen LogP contribution is 2.33. The van der Waals surface area contributed by atoms with Crippen LogP contribution in [0, 0.1) is 0 Å². The van der Waals surface area contributed by atoms with Crippen LogP contribution in [0.3, 0.4) is 0 Å². The molecule has 4 heteroatoms. The largest absolute Gasteiger partial charge is 0.496 e. The molecular weight excluding hydrogens is 264 g/mol. The Bertz CT molecular complexity index is 772. The Morgan fingerprint density at radius 1 is 0.952 bits per heavy atom. The lowest BCUT2D eigenvalue weighted by atomic mass is 10.1. The van der Waals surface area contributed by atoms with Crippen molar-refractivity contribution in [2.75, 3.05) is 7.11 Å². The van der Waals surface area contributed by atoms with Crippen molar-refractivity contribution in [3.05, 3.63) is 60.3 Å². The van der Waals surface area contributed by atoms with Crippen LogP contribution in [0.1, 0.15) is 5.56 Å². The highest BCUT2D eigenvalue weighted by molar-refractivity contribution is 5.91. The second-order valence-electron chi connectivity index (χ2n) is 4.59. The Balaban J connectivity index is 2.09. The van der Waals surface area contributed by atoms with Gasteiger partial charge < -0.3 is 15.2 Å². The van der Waals surface area contributed by atoms with Crippen molar-refractivity contribution in [2.45, 2.75) is 6.54 Å². The molecule has 0 aliphatic heterocycles. The maximum Gasteiger partial charge on any atom is 0.227 e. The SMILES string of the molecule is COc1cccc2c(Oc3ccccc3CN)nccc12. The van der Waals surface area contributed by atoms with Crippen LogP contribution in [0.25, 0.3) is 10.8 Å². The summed E-state index contributed by atoms with van der Waals surface area (Å²) in [5.74, 6) is 2.07. The molecule has 0 saturated heterocycles. The van der Waals surface area contributed by atoms with Crippen LogP contribution in [0.4, 0.5) is 0 Å². The summed E-state index contributed by atoms with van der Waals surface area (Å²) in [6.07, 6.45) is 1.71. The summed E-state index contributed by atoms with van der Waals surface area (Å²) in [5.41, 5.74) is 6.69. The number of pyridine rings is 1. The quantitative estimate of drug-likeness (QED) is 0.794. The van der Waals surface area contributed by atoms with Crippen molar-refractivity contribution in [3.63, 3.8) is 0 Å². The van der Waals surface area contributed by atoms with Gasteiger partial charge in [-0.2, -0.15) is 0 Å². The summed E-state index contributed by atoms with van der Waals surface area (Å²) in [6, 6.07) is 15.4. The average Bonchev–Trinajstić information content (AvgIpc) is 2.55. The number of aromatic nitrogens is 1. The number of nitrogens with zero attached hydrogens (tertiary/aromatic N) is 1. The number of fused-ring (bicyclic) bond motifs is 1. The molecule has 3 aromatic rings. The Morgan fingerprint density at radius 2 is 1.76 bits per heavy atom. The first-order chi connectivity index (χ1) is 10.3. The van der Waals surface area contributed by atoms with E-state index in [4.69, 9.17) is 15.2 Å². The van der Waals surface area contributed by atoms with Gasteiger partial charge >= 0.3 is 0 Å². The van der Waals surface area contributed by atoms with E-state index < -0.39 is 0 Å². The fourth-order valence-electron chi connectivity index (χ4n) is 2.29. The summed E-state index contributed by atoms with van der Waals surface area (Å²) < 4.78 is 11.3. The summed E-state index contributed by atoms with van der Waals surface area (Å²) in [5, 5.41) is 1.87. The normalized spacial score (nSPS) is 10.6. The van der Waals surface area contributed by atoms with Crippen LogP contribution in [-0.4, -0.2) is 12.1 Å². The lowest BCUT2D eigenvalue weighted by Gasteiger charge is -2.12. The molecule has 0 unspecified atom stereocenters. The standard InChI is InChI=1S/C17H16N2O2/c1-20-16-8-4-6-14-13(16)9-10-19-17(14)21-15-7-3-2-5-12(15)11-18/h2-10H,11,18H2,1H3. The molecule has 0 bridgehead atoms. The van der Waals surface area contributed by atoms with Crippen molar-refractivity contribution in [3.8, 4) is 17.4 Å². The maximum atomic E-state index is 5.97. The summed E-state index contributed by atoms with van der Waals surface area (Å²) in [6.45, 7) is 0.421. The first-order valence-electron chi connectivity index (χ1n) is 6.71. The Labute approximate surface area is 123 Å². The Morgan fingerprint density at radius 3 is 2.57 bits per heavy atom. The predicted octanol–water partition coefficient (Wildman–Crippen LogP) is 3.49. The van der Waals surface area contributed by atoms with Gasteiger partial charge in [-0.3, -0.25) is 0 Å². The molecule has 2 N–H and O–H groups in total. The highest BCUT2D eigenvalue weighted by Gasteiger charge is 2.10. The first kappa shape index (κ1) is 13.4. The Hall–Kier alpha value is -2.59.